The first kappa shape index (κ1) is 24.5. The van der Waals surface area contributed by atoms with Gasteiger partial charge in [-0.05, 0) is 85.5 Å². The fraction of sp³-hybridized carbons (Fsp3) is 0.375. The van der Waals surface area contributed by atoms with E-state index in [1.165, 1.54) is 11.1 Å². The zero-order chi connectivity index (χ0) is 26.2. The van der Waals surface area contributed by atoms with E-state index in [1.807, 2.05) is 61.2 Å². The van der Waals surface area contributed by atoms with Crippen LogP contribution < -0.4 is 14.8 Å². The number of rotatable bonds is 6. The van der Waals surface area contributed by atoms with E-state index in [0.29, 0.717) is 43.2 Å². The Morgan fingerprint density at radius 3 is 2.39 bits per heavy atom. The molecule has 0 fully saturated rings. The molecule has 0 saturated heterocycles. The number of ether oxygens (including phenoxy) is 2. The molecule has 3 aliphatic rings. The van der Waals surface area contributed by atoms with Crippen LogP contribution in [0.25, 0.3) is 0 Å². The van der Waals surface area contributed by atoms with Crippen molar-refractivity contribution in [2.24, 2.45) is 0 Å². The Labute approximate surface area is 223 Å². The number of nitrogens with one attached hydrogen (secondary N) is 1. The largest absolute Gasteiger partial charge is 0.490 e. The average Bonchev–Trinajstić information content (AvgIpc) is 2.94. The van der Waals surface area contributed by atoms with E-state index < -0.39 is 12.0 Å². The summed E-state index contributed by atoms with van der Waals surface area (Å²) in [4.78, 5) is 29.9. The van der Waals surface area contributed by atoms with Gasteiger partial charge in [0.1, 0.15) is 0 Å². The fourth-order valence-electron chi connectivity index (χ4n) is 6.52. The van der Waals surface area contributed by atoms with Gasteiger partial charge in [0.2, 0.25) is 5.91 Å². The van der Waals surface area contributed by atoms with Crippen molar-refractivity contribution in [1.82, 2.24) is 10.2 Å². The Kier molecular flexibility index (Phi) is 6.56. The number of fused-ring (bicyclic) bond motifs is 5. The Morgan fingerprint density at radius 2 is 1.61 bits per heavy atom. The molecule has 0 unspecified atom stereocenters. The molecule has 0 saturated carbocycles. The van der Waals surface area contributed by atoms with Crippen molar-refractivity contribution < 1.29 is 19.1 Å². The van der Waals surface area contributed by atoms with E-state index in [1.54, 1.807) is 0 Å². The average molecular weight is 511 g/mol. The lowest BCUT2D eigenvalue weighted by Crippen LogP contribution is -2.50. The molecule has 2 heterocycles. The lowest BCUT2D eigenvalue weighted by Gasteiger charge is -2.45. The molecule has 6 heteroatoms. The molecule has 6 rings (SSSR count). The summed E-state index contributed by atoms with van der Waals surface area (Å²) < 4.78 is 11.9. The topological polar surface area (TPSA) is 67.9 Å². The summed E-state index contributed by atoms with van der Waals surface area (Å²) in [7, 11) is 0. The van der Waals surface area contributed by atoms with Crippen molar-refractivity contribution in [2.45, 2.75) is 57.5 Å². The van der Waals surface area contributed by atoms with E-state index >= 15 is 0 Å². The zero-order valence-electron chi connectivity index (χ0n) is 22.0. The second kappa shape index (κ2) is 10.2. The maximum atomic E-state index is 14.3. The van der Waals surface area contributed by atoms with Gasteiger partial charge >= 0.3 is 0 Å². The molecule has 0 bridgehead atoms. The Balaban J connectivity index is 1.44. The van der Waals surface area contributed by atoms with Gasteiger partial charge in [-0.25, -0.2) is 0 Å². The molecule has 3 atom stereocenters. The molecule has 0 radical (unpaired) electrons. The number of aryl methyl sites for hydroxylation is 1. The minimum absolute atomic E-state index is 0.0184. The summed E-state index contributed by atoms with van der Waals surface area (Å²) in [6.45, 7) is 5.49. The lowest BCUT2D eigenvalue weighted by atomic mass is 9.75. The molecule has 0 spiro atoms. The van der Waals surface area contributed by atoms with Gasteiger partial charge in [-0.15, -0.1) is 0 Å². The summed E-state index contributed by atoms with van der Waals surface area (Å²) in [6, 6.07) is 19.6. The van der Waals surface area contributed by atoms with E-state index in [9.17, 15) is 9.59 Å². The Bertz CT molecular complexity index is 1380. The molecule has 1 aliphatic carbocycles. The molecular weight excluding hydrogens is 476 g/mol. The Morgan fingerprint density at radius 1 is 0.895 bits per heavy atom. The van der Waals surface area contributed by atoms with Gasteiger partial charge in [0, 0.05) is 12.1 Å². The minimum atomic E-state index is -0.524. The van der Waals surface area contributed by atoms with Gasteiger partial charge in [-0.3, -0.25) is 9.59 Å². The summed E-state index contributed by atoms with van der Waals surface area (Å²) in [5.41, 5.74) is 5.99. The number of carbonyl (C=O) groups is 2. The van der Waals surface area contributed by atoms with Gasteiger partial charge in [0.25, 0.3) is 5.91 Å². The van der Waals surface area contributed by atoms with Crippen molar-refractivity contribution in [3.05, 3.63) is 94.0 Å². The van der Waals surface area contributed by atoms with E-state index in [0.717, 1.165) is 36.0 Å². The fourth-order valence-corrected chi connectivity index (χ4v) is 6.52. The number of hydrogen-bond acceptors (Lipinski definition) is 4. The third-order valence-electron chi connectivity index (χ3n) is 8.15. The van der Waals surface area contributed by atoms with E-state index in [2.05, 4.69) is 23.5 Å². The predicted octanol–water partition coefficient (Wildman–Crippen LogP) is 5.51. The molecule has 1 N–H and O–H groups in total. The number of nitrogens with zero attached hydrogens (tertiary/aromatic N) is 1. The first-order chi connectivity index (χ1) is 18.6. The maximum absolute atomic E-state index is 14.3. The maximum Gasteiger partial charge on any atom is 0.254 e. The SMILES string of the molecule is CCOc1cc2c(cc1OCC)[C@@H]1[C@H](C(=O)N[C@@H]3CCCc4ccccc43)c3ccccc3C(=O)N1CC2. The van der Waals surface area contributed by atoms with Gasteiger partial charge in [-0.2, -0.15) is 0 Å². The summed E-state index contributed by atoms with van der Waals surface area (Å²) in [5, 5.41) is 3.40. The molecule has 6 nitrogen and oxygen atoms in total. The third-order valence-corrected chi connectivity index (χ3v) is 8.15. The minimum Gasteiger partial charge on any atom is -0.490 e. The van der Waals surface area contributed by atoms with Crippen molar-refractivity contribution in [1.29, 1.82) is 0 Å². The second-order valence-electron chi connectivity index (χ2n) is 10.3. The monoisotopic (exact) mass is 510 g/mol. The highest BCUT2D eigenvalue weighted by Crippen LogP contribution is 2.48. The second-order valence-corrected chi connectivity index (χ2v) is 10.3. The van der Waals surface area contributed by atoms with Gasteiger partial charge in [0.05, 0.1) is 31.2 Å². The first-order valence-electron chi connectivity index (χ1n) is 13.8. The predicted molar refractivity (Wildman–Crippen MR) is 146 cm³/mol. The van der Waals surface area contributed by atoms with Gasteiger partial charge in [0.15, 0.2) is 11.5 Å². The molecule has 2 aliphatic heterocycles. The van der Waals surface area contributed by atoms with Crippen LogP contribution in [0, 0.1) is 0 Å². The van der Waals surface area contributed by atoms with Crippen LogP contribution in [0.1, 0.15) is 82.9 Å². The molecule has 196 valence electrons. The molecule has 3 aromatic rings. The van der Waals surface area contributed by atoms with Crippen LogP contribution in [0.4, 0.5) is 0 Å². The van der Waals surface area contributed by atoms with Crippen LogP contribution in [0.15, 0.2) is 60.7 Å². The van der Waals surface area contributed by atoms with Crippen LogP contribution in [0.2, 0.25) is 0 Å². The van der Waals surface area contributed by atoms with Crippen LogP contribution in [0.5, 0.6) is 11.5 Å². The third kappa shape index (κ3) is 4.12. The summed E-state index contributed by atoms with van der Waals surface area (Å²) >= 11 is 0. The smallest absolute Gasteiger partial charge is 0.254 e. The normalized spacial score (nSPS) is 21.5. The zero-order valence-corrected chi connectivity index (χ0v) is 22.0. The highest BCUT2D eigenvalue weighted by molar-refractivity contribution is 6.01. The van der Waals surface area contributed by atoms with E-state index in [4.69, 9.17) is 9.47 Å². The molecule has 3 aromatic carbocycles. The number of hydrogen-bond donors (Lipinski definition) is 1. The molecular formula is C32H34N2O4. The van der Waals surface area contributed by atoms with Gasteiger partial charge in [-0.1, -0.05) is 42.5 Å². The standard InChI is InChI=1S/C32H34N2O4/c1-3-37-27-18-21-16-17-34-30(25(21)19-28(27)38-4-2)29(23-13-7-8-14-24(23)32(34)36)31(35)33-26-15-9-11-20-10-5-6-12-22(20)26/h5-8,10,12-14,18-19,26,29-30H,3-4,9,11,15-17H2,1-2H3,(H,33,35)/t26-,29-,30-/m1/s1. The number of amides is 2. The van der Waals surface area contributed by atoms with Crippen LogP contribution >= 0.6 is 0 Å². The van der Waals surface area contributed by atoms with Crippen LogP contribution in [0.3, 0.4) is 0 Å². The highest BCUT2D eigenvalue weighted by atomic mass is 16.5. The van der Waals surface area contributed by atoms with Crippen molar-refractivity contribution >= 4 is 11.8 Å². The highest BCUT2D eigenvalue weighted by Gasteiger charge is 2.47. The van der Waals surface area contributed by atoms with Crippen molar-refractivity contribution in [2.75, 3.05) is 19.8 Å². The summed E-state index contributed by atoms with van der Waals surface area (Å²) in [6.07, 6.45) is 3.69. The molecule has 2 amide bonds. The van der Waals surface area contributed by atoms with Crippen molar-refractivity contribution in [3.8, 4) is 11.5 Å². The van der Waals surface area contributed by atoms with Crippen LogP contribution in [-0.4, -0.2) is 36.5 Å². The van der Waals surface area contributed by atoms with E-state index in [-0.39, 0.29) is 17.9 Å². The number of carbonyl (C=O) groups excluding carboxylic acids is 2. The molecule has 0 aromatic heterocycles. The first-order valence-corrected chi connectivity index (χ1v) is 13.8. The summed E-state index contributed by atoms with van der Waals surface area (Å²) in [5.74, 6) is 0.784. The Hall–Kier alpha value is -3.80. The van der Waals surface area contributed by atoms with Crippen LogP contribution in [-0.2, 0) is 17.6 Å². The molecule has 38 heavy (non-hydrogen) atoms. The lowest BCUT2D eigenvalue weighted by molar-refractivity contribution is -0.125. The quantitative estimate of drug-likeness (QED) is 0.475. The number of benzene rings is 3. The van der Waals surface area contributed by atoms with Crippen molar-refractivity contribution in [3.63, 3.8) is 0 Å². The van der Waals surface area contributed by atoms with Gasteiger partial charge < -0.3 is 19.7 Å².